The van der Waals surface area contributed by atoms with Gasteiger partial charge in [-0.1, -0.05) is 35.9 Å². The van der Waals surface area contributed by atoms with Gasteiger partial charge in [0.1, 0.15) is 0 Å². The van der Waals surface area contributed by atoms with Gasteiger partial charge in [0.05, 0.1) is 11.2 Å². The molecule has 0 bridgehead atoms. The lowest BCUT2D eigenvalue weighted by Gasteiger charge is -2.22. The summed E-state index contributed by atoms with van der Waals surface area (Å²) in [5.74, 6) is -0.341. The second-order valence-corrected chi connectivity index (χ2v) is 6.23. The van der Waals surface area contributed by atoms with Gasteiger partial charge in [0.25, 0.3) is 5.91 Å². The fourth-order valence-corrected chi connectivity index (χ4v) is 2.96. The van der Waals surface area contributed by atoms with Crippen LogP contribution in [0.15, 0.2) is 60.8 Å². The average molecular weight is 368 g/mol. The molecule has 0 fully saturated rings. The molecule has 2 aromatic carbocycles. The molecule has 3 aromatic rings. The van der Waals surface area contributed by atoms with Crippen molar-refractivity contribution < 1.29 is 9.59 Å². The smallest absolute Gasteiger partial charge is 0.251 e. The SMILES string of the molecule is CC(=O)N(CCNC(=O)c1cccc(Cl)c1)c1cccc2cccnc12. The Labute approximate surface area is 156 Å². The number of aromatic nitrogens is 1. The van der Waals surface area contributed by atoms with Crippen molar-refractivity contribution in [3.8, 4) is 0 Å². The maximum atomic E-state index is 12.2. The molecule has 1 aromatic heterocycles. The highest BCUT2D eigenvalue weighted by atomic mass is 35.5. The number of rotatable bonds is 5. The van der Waals surface area contributed by atoms with Crippen molar-refractivity contribution in [3.05, 3.63) is 71.4 Å². The Morgan fingerprint density at radius 1 is 1.12 bits per heavy atom. The van der Waals surface area contributed by atoms with E-state index in [1.807, 2.05) is 30.3 Å². The van der Waals surface area contributed by atoms with E-state index in [1.54, 1.807) is 35.4 Å². The lowest BCUT2D eigenvalue weighted by molar-refractivity contribution is -0.116. The Morgan fingerprint density at radius 2 is 1.88 bits per heavy atom. The minimum absolute atomic E-state index is 0.111. The maximum absolute atomic E-state index is 12.2. The van der Waals surface area contributed by atoms with Crippen molar-refractivity contribution in [2.75, 3.05) is 18.0 Å². The highest BCUT2D eigenvalue weighted by Crippen LogP contribution is 2.24. The van der Waals surface area contributed by atoms with Crippen LogP contribution in [0.3, 0.4) is 0 Å². The summed E-state index contributed by atoms with van der Waals surface area (Å²) in [6.45, 7) is 2.16. The van der Waals surface area contributed by atoms with Crippen LogP contribution in [0.4, 0.5) is 5.69 Å². The first kappa shape index (κ1) is 17.9. The first-order valence-electron chi connectivity index (χ1n) is 8.22. The van der Waals surface area contributed by atoms with Gasteiger partial charge in [0.2, 0.25) is 5.91 Å². The van der Waals surface area contributed by atoms with E-state index in [0.29, 0.717) is 23.7 Å². The molecule has 0 aliphatic rings. The number of hydrogen-bond acceptors (Lipinski definition) is 3. The molecule has 6 heteroatoms. The van der Waals surface area contributed by atoms with Gasteiger partial charge in [-0.2, -0.15) is 0 Å². The zero-order chi connectivity index (χ0) is 18.5. The molecule has 1 N–H and O–H groups in total. The van der Waals surface area contributed by atoms with E-state index in [0.717, 1.165) is 16.6 Å². The number of carbonyl (C=O) groups is 2. The summed E-state index contributed by atoms with van der Waals surface area (Å²) >= 11 is 5.91. The average Bonchev–Trinajstić information content (AvgIpc) is 2.64. The summed E-state index contributed by atoms with van der Waals surface area (Å²) in [4.78, 5) is 30.4. The van der Waals surface area contributed by atoms with E-state index in [4.69, 9.17) is 11.6 Å². The van der Waals surface area contributed by atoms with Crippen LogP contribution in [0.25, 0.3) is 10.9 Å². The van der Waals surface area contributed by atoms with Gasteiger partial charge < -0.3 is 10.2 Å². The molecule has 3 rings (SSSR count). The van der Waals surface area contributed by atoms with Gasteiger partial charge in [0.15, 0.2) is 0 Å². The van der Waals surface area contributed by atoms with Crippen LogP contribution < -0.4 is 10.2 Å². The zero-order valence-corrected chi connectivity index (χ0v) is 15.0. The summed E-state index contributed by atoms with van der Waals surface area (Å²) in [5, 5.41) is 4.28. The Hall–Kier alpha value is -2.92. The van der Waals surface area contributed by atoms with Gasteiger partial charge in [-0.05, 0) is 30.3 Å². The molecular weight excluding hydrogens is 350 g/mol. The van der Waals surface area contributed by atoms with Crippen molar-refractivity contribution in [1.29, 1.82) is 0 Å². The first-order valence-corrected chi connectivity index (χ1v) is 8.59. The number of nitrogens with zero attached hydrogens (tertiary/aromatic N) is 2. The number of hydrogen-bond donors (Lipinski definition) is 1. The summed E-state index contributed by atoms with van der Waals surface area (Å²) in [7, 11) is 0. The quantitative estimate of drug-likeness (QED) is 0.748. The number of pyridine rings is 1. The fourth-order valence-electron chi connectivity index (χ4n) is 2.77. The Balaban J connectivity index is 1.73. The fraction of sp³-hybridized carbons (Fsp3) is 0.150. The monoisotopic (exact) mass is 367 g/mol. The van der Waals surface area contributed by atoms with Crippen LogP contribution in [0.2, 0.25) is 5.02 Å². The summed E-state index contributed by atoms with van der Waals surface area (Å²) < 4.78 is 0. The predicted octanol–water partition coefficient (Wildman–Crippen LogP) is 3.67. The van der Waals surface area contributed by atoms with Gasteiger partial charge >= 0.3 is 0 Å². The van der Waals surface area contributed by atoms with Crippen LogP contribution in [0.1, 0.15) is 17.3 Å². The molecule has 2 amide bonds. The third-order valence-electron chi connectivity index (χ3n) is 3.99. The summed E-state index contributed by atoms with van der Waals surface area (Å²) in [5.41, 5.74) is 1.97. The molecule has 0 saturated carbocycles. The summed E-state index contributed by atoms with van der Waals surface area (Å²) in [6.07, 6.45) is 1.70. The number of carbonyl (C=O) groups excluding carboxylic acids is 2. The number of nitrogens with one attached hydrogen (secondary N) is 1. The molecule has 132 valence electrons. The van der Waals surface area contributed by atoms with Crippen LogP contribution in [-0.2, 0) is 4.79 Å². The van der Waals surface area contributed by atoms with Gasteiger partial charge in [0, 0.05) is 42.2 Å². The van der Waals surface area contributed by atoms with E-state index < -0.39 is 0 Å². The lowest BCUT2D eigenvalue weighted by Crippen LogP contribution is -2.37. The highest BCUT2D eigenvalue weighted by Gasteiger charge is 2.15. The van der Waals surface area contributed by atoms with E-state index in [2.05, 4.69) is 10.3 Å². The van der Waals surface area contributed by atoms with E-state index in [9.17, 15) is 9.59 Å². The molecular formula is C20H18ClN3O2. The van der Waals surface area contributed by atoms with E-state index >= 15 is 0 Å². The molecule has 0 aliphatic carbocycles. The highest BCUT2D eigenvalue weighted by molar-refractivity contribution is 6.30. The second kappa shape index (κ2) is 7.97. The molecule has 0 radical (unpaired) electrons. The Morgan fingerprint density at radius 3 is 2.65 bits per heavy atom. The van der Waals surface area contributed by atoms with E-state index in [1.165, 1.54) is 6.92 Å². The third-order valence-corrected chi connectivity index (χ3v) is 4.23. The number of para-hydroxylation sites is 1. The Kier molecular flexibility index (Phi) is 5.49. The van der Waals surface area contributed by atoms with Gasteiger partial charge in [-0.3, -0.25) is 14.6 Å². The number of halogens is 1. The number of benzene rings is 2. The van der Waals surface area contributed by atoms with Gasteiger partial charge in [-0.15, -0.1) is 0 Å². The molecule has 1 heterocycles. The lowest BCUT2D eigenvalue weighted by atomic mass is 10.1. The molecule has 0 saturated heterocycles. The molecule has 0 spiro atoms. The third kappa shape index (κ3) is 4.00. The number of anilines is 1. The second-order valence-electron chi connectivity index (χ2n) is 5.79. The molecule has 5 nitrogen and oxygen atoms in total. The summed E-state index contributed by atoms with van der Waals surface area (Å²) in [6, 6.07) is 16.2. The van der Waals surface area contributed by atoms with Gasteiger partial charge in [-0.25, -0.2) is 0 Å². The first-order chi connectivity index (χ1) is 12.6. The largest absolute Gasteiger partial charge is 0.350 e. The minimum atomic E-state index is -0.230. The zero-order valence-electron chi connectivity index (χ0n) is 14.3. The molecule has 0 atom stereocenters. The predicted molar refractivity (Wildman–Crippen MR) is 104 cm³/mol. The van der Waals surface area contributed by atoms with Crippen LogP contribution in [-0.4, -0.2) is 29.9 Å². The van der Waals surface area contributed by atoms with Crippen LogP contribution in [0, 0.1) is 0 Å². The minimum Gasteiger partial charge on any atom is -0.350 e. The molecule has 0 aliphatic heterocycles. The standard InChI is InChI=1S/C20H18ClN3O2/c1-14(25)24(18-9-3-5-15-7-4-10-22-19(15)18)12-11-23-20(26)16-6-2-8-17(21)13-16/h2-10,13H,11-12H2,1H3,(H,23,26). The van der Waals surface area contributed by atoms with Crippen LogP contribution >= 0.6 is 11.6 Å². The van der Waals surface area contributed by atoms with Crippen molar-refractivity contribution in [2.45, 2.75) is 6.92 Å². The number of amides is 2. The number of fused-ring (bicyclic) bond motifs is 1. The van der Waals surface area contributed by atoms with E-state index in [-0.39, 0.29) is 11.8 Å². The van der Waals surface area contributed by atoms with Crippen molar-refractivity contribution in [1.82, 2.24) is 10.3 Å². The Bertz CT molecular complexity index is 953. The maximum Gasteiger partial charge on any atom is 0.251 e. The molecule has 0 unspecified atom stereocenters. The van der Waals surface area contributed by atoms with Crippen molar-refractivity contribution in [2.24, 2.45) is 0 Å². The van der Waals surface area contributed by atoms with Crippen LogP contribution in [0.5, 0.6) is 0 Å². The normalized spacial score (nSPS) is 10.5. The topological polar surface area (TPSA) is 62.3 Å². The van der Waals surface area contributed by atoms with Crippen molar-refractivity contribution in [3.63, 3.8) is 0 Å². The molecule has 26 heavy (non-hydrogen) atoms. The van der Waals surface area contributed by atoms with Crippen molar-refractivity contribution >= 4 is 40.0 Å².